The number of hydrogen-bond donors (Lipinski definition) is 0. The molecule has 0 spiro atoms. The van der Waals surface area contributed by atoms with Crippen molar-refractivity contribution >= 4 is 8.07 Å². The van der Waals surface area contributed by atoms with Gasteiger partial charge in [0.25, 0.3) is 0 Å². The van der Waals surface area contributed by atoms with Gasteiger partial charge in [0.2, 0.25) is 0 Å². The highest BCUT2D eigenvalue weighted by Gasteiger charge is 2.16. The zero-order chi connectivity index (χ0) is 13.3. The third kappa shape index (κ3) is 6.85. The summed E-state index contributed by atoms with van der Waals surface area (Å²) in [5.41, 5.74) is 0. The molecular weight excluding hydrogens is 236 g/mol. The maximum atomic E-state index is 5.66. The average molecular weight is 263 g/mol. The first kappa shape index (κ1) is 15.3. The van der Waals surface area contributed by atoms with Gasteiger partial charge in [0.1, 0.15) is 5.75 Å². The largest absolute Gasteiger partial charge is 0.494 e. The highest BCUT2D eigenvalue weighted by Crippen LogP contribution is 2.19. The molecule has 0 amide bonds. The van der Waals surface area contributed by atoms with Gasteiger partial charge in [-0.3, -0.25) is 0 Å². The summed E-state index contributed by atoms with van der Waals surface area (Å²) >= 11 is 0. The Morgan fingerprint density at radius 1 is 1.06 bits per heavy atom. The number of ether oxygens (including phenoxy) is 1. The fourth-order valence-electron chi connectivity index (χ4n) is 1.89. The summed E-state index contributed by atoms with van der Waals surface area (Å²) in [6.45, 7) is 8.20. The van der Waals surface area contributed by atoms with Crippen LogP contribution in [0.15, 0.2) is 24.3 Å². The van der Waals surface area contributed by atoms with E-state index in [1.807, 2.05) is 24.3 Å². The van der Waals surface area contributed by atoms with Gasteiger partial charge in [0.05, 0.1) is 6.61 Å². The van der Waals surface area contributed by atoms with Gasteiger partial charge >= 0.3 is 0 Å². The number of hydrogen-bond acceptors (Lipinski definition) is 1. The summed E-state index contributed by atoms with van der Waals surface area (Å²) in [6.07, 6.45) is 5.25. The standard InChI is InChI=1S/C16H27OSi/c1-4-18(2,3)15-11-6-5-10-14-17-16-12-8-7-9-13-16/h8-9,12-13H,4-6,10-11,14-15H2,1-3H3. The van der Waals surface area contributed by atoms with Gasteiger partial charge in [-0.25, -0.2) is 0 Å². The van der Waals surface area contributed by atoms with Crippen LogP contribution in [0, 0.1) is 6.07 Å². The lowest BCUT2D eigenvalue weighted by atomic mass is 10.2. The van der Waals surface area contributed by atoms with Crippen LogP contribution < -0.4 is 4.74 Å². The van der Waals surface area contributed by atoms with Crippen molar-refractivity contribution in [3.63, 3.8) is 0 Å². The molecule has 1 rings (SSSR count). The molecule has 0 aromatic heterocycles. The van der Waals surface area contributed by atoms with Crippen molar-refractivity contribution in [1.29, 1.82) is 0 Å². The number of benzene rings is 1. The zero-order valence-corrected chi connectivity index (χ0v) is 13.2. The third-order valence-corrected chi connectivity index (χ3v) is 7.28. The van der Waals surface area contributed by atoms with Crippen LogP contribution >= 0.6 is 0 Å². The number of unbranched alkanes of at least 4 members (excludes halogenated alkanes) is 3. The van der Waals surface area contributed by atoms with Gasteiger partial charge in [-0.05, 0) is 24.6 Å². The summed E-state index contributed by atoms with van der Waals surface area (Å²) in [7, 11) is -0.833. The van der Waals surface area contributed by atoms with Crippen LogP contribution in [0.4, 0.5) is 0 Å². The van der Waals surface area contributed by atoms with Crippen molar-refractivity contribution in [2.75, 3.05) is 6.61 Å². The molecule has 101 valence electrons. The van der Waals surface area contributed by atoms with E-state index in [1.165, 1.54) is 37.8 Å². The molecule has 1 aromatic carbocycles. The second-order valence-electron chi connectivity index (χ2n) is 5.77. The molecule has 2 heteroatoms. The van der Waals surface area contributed by atoms with Crippen molar-refractivity contribution in [1.82, 2.24) is 0 Å². The fraction of sp³-hybridized carbons (Fsp3) is 0.625. The predicted molar refractivity (Wildman–Crippen MR) is 82.0 cm³/mol. The lowest BCUT2D eigenvalue weighted by Gasteiger charge is -2.19. The molecule has 0 saturated carbocycles. The van der Waals surface area contributed by atoms with Crippen LogP contribution in [0.3, 0.4) is 0 Å². The Morgan fingerprint density at radius 3 is 2.39 bits per heavy atom. The summed E-state index contributed by atoms with van der Waals surface area (Å²) in [5.74, 6) is 0.966. The third-order valence-electron chi connectivity index (χ3n) is 3.66. The molecule has 0 bridgehead atoms. The lowest BCUT2D eigenvalue weighted by Crippen LogP contribution is -2.22. The predicted octanol–water partition coefficient (Wildman–Crippen LogP) is 5.15. The van der Waals surface area contributed by atoms with Gasteiger partial charge in [0.15, 0.2) is 0 Å². The quantitative estimate of drug-likeness (QED) is 0.442. The minimum atomic E-state index is -0.833. The van der Waals surface area contributed by atoms with E-state index in [0.29, 0.717) is 0 Å². The molecular formula is C16H27OSi. The van der Waals surface area contributed by atoms with E-state index in [0.717, 1.165) is 12.4 Å². The highest BCUT2D eigenvalue weighted by molar-refractivity contribution is 6.77. The van der Waals surface area contributed by atoms with Crippen molar-refractivity contribution in [3.8, 4) is 5.75 Å². The lowest BCUT2D eigenvalue weighted by molar-refractivity contribution is 0.305. The topological polar surface area (TPSA) is 9.23 Å². The van der Waals surface area contributed by atoms with E-state index in [-0.39, 0.29) is 0 Å². The molecule has 0 aliphatic heterocycles. The minimum Gasteiger partial charge on any atom is -0.494 e. The summed E-state index contributed by atoms with van der Waals surface area (Å²) in [5, 5.41) is 0. The van der Waals surface area contributed by atoms with Crippen LogP contribution in [0.2, 0.25) is 25.2 Å². The molecule has 0 N–H and O–H groups in total. The second-order valence-corrected chi connectivity index (χ2v) is 11.3. The molecule has 1 radical (unpaired) electrons. The van der Waals surface area contributed by atoms with E-state index in [2.05, 4.69) is 26.1 Å². The summed E-state index contributed by atoms with van der Waals surface area (Å²) in [4.78, 5) is 0. The van der Waals surface area contributed by atoms with Gasteiger partial charge in [-0.1, -0.05) is 63.5 Å². The Labute approximate surface area is 114 Å². The monoisotopic (exact) mass is 263 g/mol. The zero-order valence-electron chi connectivity index (χ0n) is 12.2. The minimum absolute atomic E-state index is 0.833. The molecule has 0 fully saturated rings. The number of rotatable bonds is 9. The molecule has 0 aliphatic rings. The summed E-state index contributed by atoms with van der Waals surface area (Å²) < 4.78 is 5.66. The normalized spacial score (nSPS) is 11.5. The maximum Gasteiger partial charge on any atom is 0.119 e. The molecule has 18 heavy (non-hydrogen) atoms. The molecule has 1 aromatic rings. The Kier molecular flexibility index (Phi) is 7.10. The van der Waals surface area contributed by atoms with Crippen LogP contribution in [0.25, 0.3) is 0 Å². The van der Waals surface area contributed by atoms with Gasteiger partial charge < -0.3 is 4.74 Å². The SMILES string of the molecule is CC[Si](C)(C)CCCCCCOc1cc[c]cc1. The van der Waals surface area contributed by atoms with Crippen molar-refractivity contribution in [2.24, 2.45) is 0 Å². The van der Waals surface area contributed by atoms with Crippen molar-refractivity contribution in [3.05, 3.63) is 30.3 Å². The molecule has 0 unspecified atom stereocenters. The van der Waals surface area contributed by atoms with Crippen molar-refractivity contribution in [2.45, 2.75) is 57.8 Å². The molecule has 0 saturated heterocycles. The average Bonchev–Trinajstić information content (AvgIpc) is 2.39. The van der Waals surface area contributed by atoms with E-state index < -0.39 is 8.07 Å². The van der Waals surface area contributed by atoms with Crippen LogP contribution in [-0.2, 0) is 0 Å². The van der Waals surface area contributed by atoms with Crippen LogP contribution in [0.5, 0.6) is 5.75 Å². The Morgan fingerprint density at radius 2 is 1.72 bits per heavy atom. The van der Waals surface area contributed by atoms with E-state index in [9.17, 15) is 0 Å². The van der Waals surface area contributed by atoms with Gasteiger partial charge in [-0.15, -0.1) is 0 Å². The first-order valence-corrected chi connectivity index (χ1v) is 10.6. The summed E-state index contributed by atoms with van der Waals surface area (Å²) in [6, 6.07) is 13.6. The van der Waals surface area contributed by atoms with Gasteiger partial charge in [-0.2, -0.15) is 0 Å². The van der Waals surface area contributed by atoms with Crippen LogP contribution in [-0.4, -0.2) is 14.7 Å². The van der Waals surface area contributed by atoms with Crippen LogP contribution in [0.1, 0.15) is 32.6 Å². The maximum absolute atomic E-state index is 5.66. The van der Waals surface area contributed by atoms with Crippen molar-refractivity contribution < 1.29 is 4.74 Å². The molecule has 0 atom stereocenters. The second kappa shape index (κ2) is 8.36. The first-order valence-electron chi connectivity index (χ1n) is 7.23. The van der Waals surface area contributed by atoms with Gasteiger partial charge in [0, 0.05) is 8.07 Å². The van der Waals surface area contributed by atoms with E-state index in [4.69, 9.17) is 4.74 Å². The first-order chi connectivity index (χ1) is 8.64. The Balaban J connectivity index is 1.96. The highest BCUT2D eigenvalue weighted by atomic mass is 28.3. The van der Waals surface area contributed by atoms with E-state index >= 15 is 0 Å². The molecule has 1 nitrogen and oxygen atoms in total. The van der Waals surface area contributed by atoms with E-state index in [1.54, 1.807) is 0 Å². The Hall–Kier alpha value is -0.763. The molecule has 0 aliphatic carbocycles. The smallest absolute Gasteiger partial charge is 0.119 e. The fourth-order valence-corrected chi connectivity index (χ4v) is 3.45. The Bertz CT molecular complexity index is 308. The molecule has 0 heterocycles.